The van der Waals surface area contributed by atoms with E-state index in [-0.39, 0.29) is 5.91 Å². The summed E-state index contributed by atoms with van der Waals surface area (Å²) in [6, 6.07) is 3.44. The predicted octanol–water partition coefficient (Wildman–Crippen LogP) is 1.06. The van der Waals surface area contributed by atoms with Gasteiger partial charge in [-0.15, -0.1) is 10.2 Å². The number of amides is 1. The number of nitrogens with zero attached hydrogens (tertiary/aromatic N) is 2. The van der Waals surface area contributed by atoms with E-state index in [0.29, 0.717) is 23.5 Å². The monoisotopic (exact) mass is 264 g/mol. The highest BCUT2D eigenvalue weighted by Crippen LogP contribution is 2.23. The Morgan fingerprint density at radius 3 is 2.95 bits per heavy atom. The normalized spacial score (nSPS) is 22.2. The maximum atomic E-state index is 11.3. The van der Waals surface area contributed by atoms with E-state index in [1.165, 1.54) is 0 Å². The molecular formula is C13H20N4O2. The van der Waals surface area contributed by atoms with Gasteiger partial charge in [0, 0.05) is 26.1 Å². The predicted molar refractivity (Wildman–Crippen MR) is 72.0 cm³/mol. The molecule has 1 amide bonds. The second kappa shape index (κ2) is 6.47. The van der Waals surface area contributed by atoms with Crippen molar-refractivity contribution in [2.75, 3.05) is 25.5 Å². The van der Waals surface area contributed by atoms with E-state index in [1.807, 2.05) is 0 Å². The number of ether oxygens (including phenoxy) is 1. The quantitative estimate of drug-likeness (QED) is 0.831. The van der Waals surface area contributed by atoms with Gasteiger partial charge in [0.25, 0.3) is 5.91 Å². The lowest BCUT2D eigenvalue weighted by atomic mass is 10.00. The van der Waals surface area contributed by atoms with Crippen molar-refractivity contribution in [1.29, 1.82) is 0 Å². The standard InChI is InChI=1S/C13H20N4O2/c1-3-11-9(6-7-19-11)8-15-12-5-4-10(16-17-12)13(18)14-2/h4-5,9,11H,3,6-8H2,1-2H3,(H,14,18)(H,15,17). The highest BCUT2D eigenvalue weighted by atomic mass is 16.5. The molecule has 19 heavy (non-hydrogen) atoms. The largest absolute Gasteiger partial charge is 0.378 e. The first-order valence-electron chi connectivity index (χ1n) is 6.66. The zero-order valence-electron chi connectivity index (χ0n) is 11.3. The van der Waals surface area contributed by atoms with Gasteiger partial charge in [0.2, 0.25) is 0 Å². The van der Waals surface area contributed by atoms with Gasteiger partial charge >= 0.3 is 0 Å². The fourth-order valence-electron chi connectivity index (χ4n) is 2.29. The van der Waals surface area contributed by atoms with Crippen molar-refractivity contribution in [3.63, 3.8) is 0 Å². The first kappa shape index (κ1) is 13.7. The van der Waals surface area contributed by atoms with Crippen LogP contribution in [0.2, 0.25) is 0 Å². The van der Waals surface area contributed by atoms with Crippen LogP contribution in [0.25, 0.3) is 0 Å². The second-order valence-corrected chi connectivity index (χ2v) is 4.63. The molecule has 6 heteroatoms. The maximum Gasteiger partial charge on any atom is 0.271 e. The molecule has 1 aromatic heterocycles. The van der Waals surface area contributed by atoms with E-state index in [4.69, 9.17) is 4.74 Å². The number of anilines is 1. The van der Waals surface area contributed by atoms with Crippen LogP contribution in [0.15, 0.2) is 12.1 Å². The minimum absolute atomic E-state index is 0.228. The molecule has 0 spiro atoms. The minimum Gasteiger partial charge on any atom is -0.378 e. The Kier molecular flexibility index (Phi) is 4.68. The molecule has 0 aliphatic carbocycles. The highest BCUT2D eigenvalue weighted by molar-refractivity contribution is 5.91. The summed E-state index contributed by atoms with van der Waals surface area (Å²) in [5, 5.41) is 13.6. The molecule has 6 nitrogen and oxygen atoms in total. The van der Waals surface area contributed by atoms with E-state index in [1.54, 1.807) is 19.2 Å². The van der Waals surface area contributed by atoms with E-state index in [9.17, 15) is 4.79 Å². The third kappa shape index (κ3) is 3.41. The number of carbonyl (C=O) groups is 1. The summed E-state index contributed by atoms with van der Waals surface area (Å²) in [6.45, 7) is 3.81. The van der Waals surface area contributed by atoms with Crippen LogP contribution in [0, 0.1) is 5.92 Å². The summed E-state index contributed by atoms with van der Waals surface area (Å²) in [5.74, 6) is 0.981. The maximum absolute atomic E-state index is 11.3. The molecule has 2 atom stereocenters. The van der Waals surface area contributed by atoms with Gasteiger partial charge in [0.1, 0.15) is 5.82 Å². The number of rotatable bonds is 5. The van der Waals surface area contributed by atoms with E-state index >= 15 is 0 Å². The van der Waals surface area contributed by atoms with Crippen LogP contribution in [0.3, 0.4) is 0 Å². The van der Waals surface area contributed by atoms with Gasteiger partial charge in [-0.3, -0.25) is 4.79 Å². The Hall–Kier alpha value is -1.69. The molecule has 2 unspecified atom stereocenters. The highest BCUT2D eigenvalue weighted by Gasteiger charge is 2.26. The van der Waals surface area contributed by atoms with Crippen LogP contribution in [0.4, 0.5) is 5.82 Å². The van der Waals surface area contributed by atoms with Crippen molar-refractivity contribution in [3.8, 4) is 0 Å². The fourth-order valence-corrected chi connectivity index (χ4v) is 2.29. The summed E-state index contributed by atoms with van der Waals surface area (Å²) in [6.07, 6.45) is 2.45. The first-order chi connectivity index (χ1) is 9.24. The Bertz CT molecular complexity index is 421. The summed E-state index contributed by atoms with van der Waals surface area (Å²) >= 11 is 0. The smallest absolute Gasteiger partial charge is 0.271 e. The third-order valence-corrected chi connectivity index (χ3v) is 3.42. The van der Waals surface area contributed by atoms with Gasteiger partial charge in [0.15, 0.2) is 5.69 Å². The van der Waals surface area contributed by atoms with Gasteiger partial charge in [-0.25, -0.2) is 0 Å². The fraction of sp³-hybridized carbons (Fsp3) is 0.615. The molecule has 0 radical (unpaired) electrons. The minimum atomic E-state index is -0.228. The molecule has 2 rings (SSSR count). The Morgan fingerprint density at radius 2 is 2.32 bits per heavy atom. The molecule has 2 N–H and O–H groups in total. The average molecular weight is 264 g/mol. The van der Waals surface area contributed by atoms with Gasteiger partial charge in [-0.05, 0) is 25.0 Å². The Labute approximate surface area is 112 Å². The van der Waals surface area contributed by atoms with Crippen molar-refractivity contribution in [2.45, 2.75) is 25.9 Å². The number of aromatic nitrogens is 2. The van der Waals surface area contributed by atoms with Crippen LogP contribution < -0.4 is 10.6 Å². The second-order valence-electron chi connectivity index (χ2n) is 4.63. The van der Waals surface area contributed by atoms with Crippen LogP contribution in [0.5, 0.6) is 0 Å². The average Bonchev–Trinajstić information content (AvgIpc) is 2.92. The lowest BCUT2D eigenvalue weighted by molar-refractivity contribution is 0.0900. The summed E-state index contributed by atoms with van der Waals surface area (Å²) in [5.41, 5.74) is 0.323. The number of hydrogen-bond donors (Lipinski definition) is 2. The zero-order valence-corrected chi connectivity index (χ0v) is 11.3. The van der Waals surface area contributed by atoms with Crippen LogP contribution >= 0.6 is 0 Å². The molecule has 0 bridgehead atoms. The van der Waals surface area contributed by atoms with Crippen LogP contribution in [0.1, 0.15) is 30.3 Å². The van der Waals surface area contributed by atoms with Gasteiger partial charge in [0.05, 0.1) is 6.10 Å². The Balaban J connectivity index is 1.88. The third-order valence-electron chi connectivity index (χ3n) is 3.42. The van der Waals surface area contributed by atoms with E-state index in [0.717, 1.165) is 26.0 Å². The first-order valence-corrected chi connectivity index (χ1v) is 6.66. The number of hydrogen-bond acceptors (Lipinski definition) is 5. The molecule has 1 aliphatic heterocycles. The van der Waals surface area contributed by atoms with Crippen molar-refractivity contribution in [2.24, 2.45) is 5.92 Å². The molecule has 0 aromatic carbocycles. The SMILES string of the molecule is CCC1OCCC1CNc1ccc(C(=O)NC)nn1. The summed E-state index contributed by atoms with van der Waals surface area (Å²) in [7, 11) is 1.57. The molecule has 1 saturated heterocycles. The van der Waals surface area contributed by atoms with E-state index < -0.39 is 0 Å². The molecule has 2 heterocycles. The van der Waals surface area contributed by atoms with E-state index in [2.05, 4.69) is 27.8 Å². The number of carbonyl (C=O) groups excluding carboxylic acids is 1. The van der Waals surface area contributed by atoms with Gasteiger partial charge in [-0.1, -0.05) is 6.92 Å². The Morgan fingerprint density at radius 1 is 1.47 bits per heavy atom. The van der Waals surface area contributed by atoms with Gasteiger partial charge < -0.3 is 15.4 Å². The molecule has 1 aromatic rings. The van der Waals surface area contributed by atoms with Crippen molar-refractivity contribution >= 4 is 11.7 Å². The molecular weight excluding hydrogens is 244 g/mol. The van der Waals surface area contributed by atoms with Crippen molar-refractivity contribution in [3.05, 3.63) is 17.8 Å². The van der Waals surface area contributed by atoms with Gasteiger partial charge in [-0.2, -0.15) is 0 Å². The molecule has 1 aliphatic rings. The lowest BCUT2D eigenvalue weighted by Crippen LogP contribution is -2.23. The summed E-state index contributed by atoms with van der Waals surface area (Å²) < 4.78 is 5.64. The molecule has 104 valence electrons. The van der Waals surface area contributed by atoms with Crippen LogP contribution in [-0.2, 0) is 4.74 Å². The van der Waals surface area contributed by atoms with Crippen LogP contribution in [-0.4, -0.2) is 42.4 Å². The lowest BCUT2D eigenvalue weighted by Gasteiger charge is -2.17. The van der Waals surface area contributed by atoms with Crippen molar-refractivity contribution in [1.82, 2.24) is 15.5 Å². The molecule has 0 saturated carbocycles. The topological polar surface area (TPSA) is 76.1 Å². The number of nitrogens with one attached hydrogen (secondary N) is 2. The van der Waals surface area contributed by atoms with Crippen molar-refractivity contribution < 1.29 is 9.53 Å². The zero-order chi connectivity index (χ0) is 13.7. The molecule has 1 fully saturated rings. The summed E-state index contributed by atoms with van der Waals surface area (Å²) in [4.78, 5) is 11.3.